The molecule has 0 saturated carbocycles. The summed E-state index contributed by atoms with van der Waals surface area (Å²) in [6, 6.07) is 42.1. The summed E-state index contributed by atoms with van der Waals surface area (Å²) in [7, 11) is -1.80. The Hall–Kier alpha value is -2.40. The first-order valence-corrected chi connectivity index (χ1v) is 11.4. The molecule has 0 bridgehead atoms. The molecule has 0 nitrogen and oxygen atoms in total. The van der Waals surface area contributed by atoms with Gasteiger partial charge in [-0.05, 0) is 54.4 Å². The van der Waals surface area contributed by atoms with Crippen molar-refractivity contribution in [2.24, 2.45) is 0 Å². The van der Waals surface area contributed by atoms with Crippen molar-refractivity contribution in [2.75, 3.05) is 0 Å². The molecule has 0 amide bonds. The standard InChI is InChI=1S/C26H24P.ClH/c1-22-13-11-12-14-23(22)21-27(24-15-5-2-6-16-24,25-17-7-3-8-18-25)26-19-9-4-10-20-26;/h2-20H,21H2,1H3;1H/q+1;/p-1. The molecule has 140 valence electrons. The maximum atomic E-state index is 2.31. The third-order valence-electron chi connectivity index (χ3n) is 5.26. The van der Waals surface area contributed by atoms with Crippen LogP contribution in [-0.2, 0) is 6.16 Å². The number of benzene rings is 4. The van der Waals surface area contributed by atoms with E-state index < -0.39 is 7.26 Å². The molecule has 0 radical (unpaired) electrons. The monoisotopic (exact) mass is 402 g/mol. The molecule has 2 heteroatoms. The Balaban J connectivity index is 0.00000225. The van der Waals surface area contributed by atoms with Crippen LogP contribution in [0.3, 0.4) is 0 Å². The molecule has 0 spiro atoms. The molecule has 0 aliphatic rings. The molecule has 4 rings (SSSR count). The number of aryl methyl sites for hydroxylation is 1. The van der Waals surface area contributed by atoms with Crippen molar-refractivity contribution in [1.29, 1.82) is 0 Å². The first kappa shape index (κ1) is 20.3. The van der Waals surface area contributed by atoms with Crippen molar-refractivity contribution in [3.63, 3.8) is 0 Å². The summed E-state index contributed by atoms with van der Waals surface area (Å²) in [6.07, 6.45) is 1.04. The van der Waals surface area contributed by atoms with Crippen molar-refractivity contribution in [3.05, 3.63) is 126 Å². The van der Waals surface area contributed by atoms with Crippen LogP contribution in [0, 0.1) is 6.92 Å². The maximum absolute atomic E-state index is 2.31. The summed E-state index contributed by atoms with van der Waals surface area (Å²) in [4.78, 5) is 0. The number of hydrogen-bond acceptors (Lipinski definition) is 0. The zero-order chi connectivity index (χ0) is 18.5. The Kier molecular flexibility index (Phi) is 6.68. The number of halogens is 1. The second kappa shape index (κ2) is 9.20. The van der Waals surface area contributed by atoms with E-state index in [1.54, 1.807) is 0 Å². The lowest BCUT2D eigenvalue weighted by atomic mass is 10.1. The average molecular weight is 403 g/mol. The van der Waals surface area contributed by atoms with Gasteiger partial charge in [0.05, 0.1) is 6.16 Å². The Morgan fingerprint density at radius 2 is 0.857 bits per heavy atom. The van der Waals surface area contributed by atoms with Gasteiger partial charge in [0.25, 0.3) is 0 Å². The molecule has 0 unspecified atom stereocenters. The average Bonchev–Trinajstić information content (AvgIpc) is 2.75. The van der Waals surface area contributed by atoms with E-state index in [0.717, 1.165) is 6.16 Å². The predicted octanol–water partition coefficient (Wildman–Crippen LogP) is 2.49. The molecule has 4 aromatic carbocycles. The van der Waals surface area contributed by atoms with E-state index in [2.05, 4.69) is 122 Å². The first-order valence-electron chi connectivity index (χ1n) is 9.40. The lowest BCUT2D eigenvalue weighted by Gasteiger charge is -2.28. The third-order valence-corrected chi connectivity index (χ3v) is 9.61. The van der Waals surface area contributed by atoms with E-state index >= 15 is 0 Å². The molecular formula is C26H24ClP. The van der Waals surface area contributed by atoms with Crippen LogP contribution in [0.1, 0.15) is 11.1 Å². The number of rotatable bonds is 5. The molecule has 28 heavy (non-hydrogen) atoms. The fourth-order valence-corrected chi connectivity index (χ4v) is 8.16. The Labute approximate surface area is 175 Å². The van der Waals surface area contributed by atoms with Gasteiger partial charge in [-0.2, -0.15) is 0 Å². The van der Waals surface area contributed by atoms with E-state index in [9.17, 15) is 0 Å². The van der Waals surface area contributed by atoms with Crippen molar-refractivity contribution < 1.29 is 12.4 Å². The van der Waals surface area contributed by atoms with Crippen LogP contribution in [0.25, 0.3) is 0 Å². The minimum absolute atomic E-state index is 0. The lowest BCUT2D eigenvalue weighted by molar-refractivity contribution is -0.00000530. The minimum atomic E-state index is -1.80. The van der Waals surface area contributed by atoms with Gasteiger partial charge in [-0.15, -0.1) is 0 Å². The SMILES string of the molecule is Cc1ccccc1C[P+](c1ccccc1)(c1ccccc1)c1ccccc1.[Cl-]. The van der Waals surface area contributed by atoms with Gasteiger partial charge < -0.3 is 12.4 Å². The van der Waals surface area contributed by atoms with E-state index in [1.165, 1.54) is 27.0 Å². The Morgan fingerprint density at radius 1 is 0.500 bits per heavy atom. The van der Waals surface area contributed by atoms with Gasteiger partial charge in [-0.3, -0.25) is 0 Å². The number of hydrogen-bond donors (Lipinski definition) is 0. The van der Waals surface area contributed by atoms with Crippen LogP contribution in [0.15, 0.2) is 115 Å². The smallest absolute Gasteiger partial charge is 0.116 e. The van der Waals surface area contributed by atoms with Crippen LogP contribution in [0.2, 0.25) is 0 Å². The highest BCUT2D eigenvalue weighted by Gasteiger charge is 2.45. The second-order valence-electron chi connectivity index (χ2n) is 6.90. The van der Waals surface area contributed by atoms with Gasteiger partial charge in [0.2, 0.25) is 0 Å². The van der Waals surface area contributed by atoms with Gasteiger partial charge in [0.15, 0.2) is 0 Å². The molecule has 0 heterocycles. The largest absolute Gasteiger partial charge is 1.00 e. The molecule has 0 fully saturated rings. The predicted molar refractivity (Wildman–Crippen MR) is 120 cm³/mol. The first-order chi connectivity index (χ1) is 13.3. The van der Waals surface area contributed by atoms with E-state index in [-0.39, 0.29) is 12.4 Å². The minimum Gasteiger partial charge on any atom is -1.00 e. The van der Waals surface area contributed by atoms with Crippen molar-refractivity contribution in [2.45, 2.75) is 13.1 Å². The molecular weight excluding hydrogens is 379 g/mol. The van der Waals surface area contributed by atoms with Crippen LogP contribution < -0.4 is 28.3 Å². The maximum Gasteiger partial charge on any atom is 0.116 e. The molecule has 0 aliphatic carbocycles. The summed E-state index contributed by atoms with van der Waals surface area (Å²) >= 11 is 0. The van der Waals surface area contributed by atoms with Crippen LogP contribution in [0.5, 0.6) is 0 Å². The van der Waals surface area contributed by atoms with Crippen molar-refractivity contribution in [3.8, 4) is 0 Å². The van der Waals surface area contributed by atoms with Crippen molar-refractivity contribution in [1.82, 2.24) is 0 Å². The molecule has 0 aromatic heterocycles. The zero-order valence-electron chi connectivity index (χ0n) is 16.0. The van der Waals surface area contributed by atoms with Crippen LogP contribution >= 0.6 is 7.26 Å². The summed E-state index contributed by atoms with van der Waals surface area (Å²) < 4.78 is 0. The Bertz CT molecular complexity index is 901. The highest BCUT2D eigenvalue weighted by molar-refractivity contribution is 7.95. The van der Waals surface area contributed by atoms with Gasteiger partial charge in [0.1, 0.15) is 23.2 Å². The van der Waals surface area contributed by atoms with Gasteiger partial charge in [-0.1, -0.05) is 78.9 Å². The van der Waals surface area contributed by atoms with Crippen LogP contribution in [0.4, 0.5) is 0 Å². The molecule has 0 aliphatic heterocycles. The molecule has 0 atom stereocenters. The molecule has 4 aromatic rings. The molecule has 0 N–H and O–H groups in total. The third kappa shape index (κ3) is 3.90. The highest BCUT2D eigenvalue weighted by Crippen LogP contribution is 2.58. The van der Waals surface area contributed by atoms with E-state index in [4.69, 9.17) is 0 Å². The second-order valence-corrected chi connectivity index (χ2v) is 10.4. The Morgan fingerprint density at radius 3 is 1.25 bits per heavy atom. The highest BCUT2D eigenvalue weighted by atomic mass is 35.5. The van der Waals surface area contributed by atoms with Crippen LogP contribution in [-0.4, -0.2) is 0 Å². The van der Waals surface area contributed by atoms with E-state index in [0.29, 0.717) is 0 Å². The molecule has 0 saturated heterocycles. The lowest BCUT2D eigenvalue weighted by Crippen LogP contribution is -3.00. The topological polar surface area (TPSA) is 0 Å². The quantitative estimate of drug-likeness (QED) is 0.450. The summed E-state index contributed by atoms with van der Waals surface area (Å²) in [5.74, 6) is 0. The van der Waals surface area contributed by atoms with Gasteiger partial charge >= 0.3 is 0 Å². The fraction of sp³-hybridized carbons (Fsp3) is 0.0769. The van der Waals surface area contributed by atoms with Gasteiger partial charge in [-0.25, -0.2) is 0 Å². The van der Waals surface area contributed by atoms with Crippen molar-refractivity contribution >= 4 is 23.2 Å². The fourth-order valence-electron chi connectivity index (χ4n) is 3.81. The van der Waals surface area contributed by atoms with E-state index in [1.807, 2.05) is 0 Å². The summed E-state index contributed by atoms with van der Waals surface area (Å²) in [5.41, 5.74) is 2.80. The normalized spacial score (nSPS) is 10.9. The van der Waals surface area contributed by atoms with Gasteiger partial charge in [0, 0.05) is 0 Å². The summed E-state index contributed by atoms with van der Waals surface area (Å²) in [6.45, 7) is 2.23. The zero-order valence-corrected chi connectivity index (χ0v) is 17.7. The summed E-state index contributed by atoms with van der Waals surface area (Å²) in [5, 5.41) is 4.31.